The van der Waals surface area contributed by atoms with Crippen LogP contribution in [0.3, 0.4) is 0 Å². The molecule has 282 valence electrons. The Morgan fingerprint density at radius 3 is 2.02 bits per heavy atom. The minimum absolute atomic E-state index is 0.0450. The van der Waals surface area contributed by atoms with Gasteiger partial charge in [-0.15, -0.1) is 0 Å². The number of ether oxygens (including phenoxy) is 2. The maximum Gasteiger partial charge on any atom is 0.408 e. The Morgan fingerprint density at radius 1 is 0.804 bits per heavy atom. The van der Waals surface area contributed by atoms with Crippen molar-refractivity contribution in [2.75, 3.05) is 6.54 Å². The molecule has 2 rings (SSSR count). The van der Waals surface area contributed by atoms with E-state index in [0.29, 0.717) is 18.4 Å². The van der Waals surface area contributed by atoms with E-state index in [9.17, 15) is 19.2 Å². The minimum Gasteiger partial charge on any atom is -0.458 e. The lowest BCUT2D eigenvalue weighted by Gasteiger charge is -2.36. The number of amides is 3. The van der Waals surface area contributed by atoms with E-state index < -0.39 is 53.2 Å². The van der Waals surface area contributed by atoms with Gasteiger partial charge in [-0.3, -0.25) is 9.59 Å². The first-order chi connectivity index (χ1) is 23.9. The highest BCUT2D eigenvalue weighted by atomic mass is 16.6. The third-order valence-corrected chi connectivity index (χ3v) is 8.04. The summed E-state index contributed by atoms with van der Waals surface area (Å²) in [6.07, 6.45) is 7.36. The summed E-state index contributed by atoms with van der Waals surface area (Å²) in [5.74, 6) is -1.45. The van der Waals surface area contributed by atoms with Crippen LogP contribution in [-0.4, -0.2) is 58.6 Å². The monoisotopic (exact) mass is 705 g/mol. The van der Waals surface area contributed by atoms with Crippen molar-refractivity contribution >= 4 is 30.0 Å². The standard InChI is InChI=1S/C42H63N3O6/c1-11-13-14-15-16-20-26-45(38(47)34(27-30(3)4)44-40(49)51-42(8,9)10)36(33-25-21-24-31(12-2)28-33)37(46)43-35(39(48)50-41(5,6)7)29-32-22-18-17-19-23-32/h12,17-19,21-25,28,30,34-36H,2,11,13-16,20,26-27,29H2,1,3-10H3,(H,43,46)(H,44,49). The van der Waals surface area contributed by atoms with E-state index in [4.69, 9.17) is 9.47 Å². The van der Waals surface area contributed by atoms with Crippen molar-refractivity contribution in [1.82, 2.24) is 15.5 Å². The molecule has 0 radical (unpaired) electrons. The predicted molar refractivity (Wildman–Crippen MR) is 205 cm³/mol. The molecule has 0 spiro atoms. The molecule has 2 aromatic rings. The van der Waals surface area contributed by atoms with Gasteiger partial charge in [0, 0.05) is 13.0 Å². The molecule has 0 saturated carbocycles. The molecule has 3 unspecified atom stereocenters. The molecule has 9 nitrogen and oxygen atoms in total. The van der Waals surface area contributed by atoms with E-state index in [-0.39, 0.29) is 18.9 Å². The molecule has 0 bridgehead atoms. The number of carbonyl (C=O) groups is 4. The van der Waals surface area contributed by atoms with Crippen molar-refractivity contribution in [1.29, 1.82) is 0 Å². The number of benzene rings is 2. The smallest absolute Gasteiger partial charge is 0.408 e. The fourth-order valence-corrected chi connectivity index (χ4v) is 5.77. The lowest BCUT2D eigenvalue weighted by molar-refractivity contribution is -0.159. The van der Waals surface area contributed by atoms with Crippen molar-refractivity contribution in [3.05, 3.63) is 77.9 Å². The highest BCUT2D eigenvalue weighted by Crippen LogP contribution is 2.27. The quantitative estimate of drug-likeness (QED) is 0.112. The number of unbranched alkanes of at least 4 members (excludes halogenated alkanes) is 5. The van der Waals surface area contributed by atoms with Gasteiger partial charge in [0.25, 0.3) is 0 Å². The van der Waals surface area contributed by atoms with Crippen LogP contribution in [0.2, 0.25) is 0 Å². The van der Waals surface area contributed by atoms with Crippen LogP contribution >= 0.6 is 0 Å². The predicted octanol–water partition coefficient (Wildman–Crippen LogP) is 8.57. The number of nitrogens with zero attached hydrogens (tertiary/aromatic N) is 1. The molecule has 3 atom stereocenters. The first kappa shape index (κ1) is 43.0. The maximum atomic E-state index is 14.8. The van der Waals surface area contributed by atoms with E-state index >= 15 is 0 Å². The molecule has 51 heavy (non-hydrogen) atoms. The van der Waals surface area contributed by atoms with Gasteiger partial charge in [0.15, 0.2) is 0 Å². The highest BCUT2D eigenvalue weighted by molar-refractivity contribution is 5.94. The molecular formula is C42H63N3O6. The molecule has 0 heterocycles. The zero-order valence-electron chi connectivity index (χ0n) is 32.6. The zero-order valence-corrected chi connectivity index (χ0v) is 32.6. The van der Waals surface area contributed by atoms with Gasteiger partial charge in [-0.25, -0.2) is 9.59 Å². The number of carbonyl (C=O) groups excluding carboxylic acids is 4. The Labute approximate surface area is 306 Å². The molecule has 3 amide bonds. The molecule has 0 aliphatic carbocycles. The molecule has 2 aromatic carbocycles. The van der Waals surface area contributed by atoms with E-state index in [0.717, 1.165) is 43.2 Å². The van der Waals surface area contributed by atoms with Crippen LogP contribution in [0.1, 0.15) is 130 Å². The lowest BCUT2D eigenvalue weighted by Crippen LogP contribution is -2.55. The topological polar surface area (TPSA) is 114 Å². The third-order valence-electron chi connectivity index (χ3n) is 8.04. The summed E-state index contributed by atoms with van der Waals surface area (Å²) in [5.41, 5.74) is 0.628. The average Bonchev–Trinajstić information content (AvgIpc) is 3.03. The summed E-state index contributed by atoms with van der Waals surface area (Å²) >= 11 is 0. The second kappa shape index (κ2) is 20.6. The van der Waals surface area contributed by atoms with Gasteiger partial charge in [0.1, 0.15) is 29.3 Å². The normalized spacial score (nSPS) is 13.5. The second-order valence-corrected chi connectivity index (χ2v) is 15.7. The summed E-state index contributed by atoms with van der Waals surface area (Å²) < 4.78 is 11.3. The summed E-state index contributed by atoms with van der Waals surface area (Å²) in [4.78, 5) is 57.8. The number of esters is 1. The number of rotatable bonds is 19. The summed E-state index contributed by atoms with van der Waals surface area (Å²) in [5, 5.41) is 5.80. The Morgan fingerprint density at radius 2 is 1.43 bits per heavy atom. The fraction of sp³-hybridized carbons (Fsp3) is 0.571. The Kier molecular flexibility index (Phi) is 17.4. The largest absolute Gasteiger partial charge is 0.458 e. The van der Waals surface area contributed by atoms with Crippen molar-refractivity contribution in [2.24, 2.45) is 5.92 Å². The molecule has 0 saturated heterocycles. The number of alkyl carbamates (subject to hydrolysis) is 1. The van der Waals surface area contributed by atoms with Gasteiger partial charge in [-0.05, 0) is 83.1 Å². The van der Waals surface area contributed by atoms with Gasteiger partial charge < -0.3 is 25.0 Å². The molecule has 0 aliphatic rings. The van der Waals surface area contributed by atoms with Gasteiger partial charge in [-0.2, -0.15) is 0 Å². The fourth-order valence-electron chi connectivity index (χ4n) is 5.77. The molecule has 0 fully saturated rings. The number of hydrogen-bond acceptors (Lipinski definition) is 6. The number of nitrogens with one attached hydrogen (secondary N) is 2. The van der Waals surface area contributed by atoms with Crippen LogP contribution in [0.15, 0.2) is 61.2 Å². The van der Waals surface area contributed by atoms with Crippen LogP contribution in [0.5, 0.6) is 0 Å². The summed E-state index contributed by atoms with van der Waals surface area (Å²) in [7, 11) is 0. The summed E-state index contributed by atoms with van der Waals surface area (Å²) in [6.45, 7) is 20.9. The van der Waals surface area contributed by atoms with E-state index in [2.05, 4.69) is 24.1 Å². The second-order valence-electron chi connectivity index (χ2n) is 15.7. The van der Waals surface area contributed by atoms with E-state index in [1.807, 2.05) is 62.4 Å². The molecule has 2 N–H and O–H groups in total. The van der Waals surface area contributed by atoms with Crippen molar-refractivity contribution in [3.8, 4) is 0 Å². The van der Waals surface area contributed by atoms with Crippen LogP contribution in [0.25, 0.3) is 6.08 Å². The SMILES string of the molecule is C=Cc1cccc(C(C(=O)NC(Cc2ccccc2)C(=O)OC(C)(C)C)N(CCCCCCCC)C(=O)C(CC(C)C)NC(=O)OC(C)(C)C)c1. The van der Waals surface area contributed by atoms with Crippen LogP contribution in [0, 0.1) is 5.92 Å². The van der Waals surface area contributed by atoms with Gasteiger partial charge in [0.05, 0.1) is 0 Å². The average molecular weight is 706 g/mol. The Balaban J connectivity index is 2.67. The summed E-state index contributed by atoms with van der Waals surface area (Å²) in [6, 6.07) is 13.6. The molecule has 9 heteroatoms. The molecule has 0 aromatic heterocycles. The third kappa shape index (κ3) is 16.2. The van der Waals surface area contributed by atoms with Crippen molar-refractivity contribution < 1.29 is 28.7 Å². The van der Waals surface area contributed by atoms with Crippen molar-refractivity contribution in [3.63, 3.8) is 0 Å². The minimum atomic E-state index is -1.12. The highest BCUT2D eigenvalue weighted by Gasteiger charge is 2.38. The van der Waals surface area contributed by atoms with Crippen molar-refractivity contribution in [2.45, 2.75) is 143 Å². The Bertz CT molecular complexity index is 1410. The van der Waals surface area contributed by atoms with Crippen LogP contribution in [0.4, 0.5) is 4.79 Å². The lowest BCUT2D eigenvalue weighted by atomic mass is 9.97. The van der Waals surface area contributed by atoms with E-state index in [1.165, 1.54) is 0 Å². The molecular weight excluding hydrogens is 642 g/mol. The Hall–Kier alpha value is -4.14. The van der Waals surface area contributed by atoms with Gasteiger partial charge in [-0.1, -0.05) is 114 Å². The zero-order chi connectivity index (χ0) is 38.2. The van der Waals surface area contributed by atoms with E-state index in [1.54, 1.807) is 58.6 Å². The van der Waals surface area contributed by atoms with Crippen LogP contribution < -0.4 is 10.6 Å². The first-order valence-corrected chi connectivity index (χ1v) is 18.5. The van der Waals surface area contributed by atoms with Gasteiger partial charge in [0.2, 0.25) is 11.8 Å². The van der Waals surface area contributed by atoms with Crippen LogP contribution in [-0.2, 0) is 30.3 Å². The molecule has 0 aliphatic heterocycles. The number of hydrogen-bond donors (Lipinski definition) is 2. The first-order valence-electron chi connectivity index (χ1n) is 18.5. The maximum absolute atomic E-state index is 14.8. The van der Waals surface area contributed by atoms with Gasteiger partial charge >= 0.3 is 12.1 Å².